The van der Waals surface area contributed by atoms with Crippen molar-refractivity contribution in [3.8, 4) is 11.5 Å². The number of sulfonamides is 1. The van der Waals surface area contributed by atoms with E-state index in [1.807, 2.05) is 0 Å². The van der Waals surface area contributed by atoms with Crippen LogP contribution in [0, 0.1) is 0 Å². The van der Waals surface area contributed by atoms with Gasteiger partial charge >= 0.3 is 0 Å². The molecule has 0 atom stereocenters. The Morgan fingerprint density at radius 3 is 2.63 bits per heavy atom. The summed E-state index contributed by atoms with van der Waals surface area (Å²) in [4.78, 5) is 17.1. The number of anilines is 2. The summed E-state index contributed by atoms with van der Waals surface area (Å²) in [5.74, 6) is 0.498. The van der Waals surface area contributed by atoms with Crippen molar-refractivity contribution >= 4 is 58.7 Å². The number of carbonyl (C=O) groups is 1. The van der Waals surface area contributed by atoms with Crippen LogP contribution in [0.5, 0.6) is 11.5 Å². The van der Waals surface area contributed by atoms with Gasteiger partial charge in [-0.15, -0.1) is 0 Å². The van der Waals surface area contributed by atoms with Crippen LogP contribution in [0.25, 0.3) is 0 Å². The minimum atomic E-state index is -3.46. The number of rotatable bonds is 10. The molecule has 10 nitrogen and oxygen atoms in total. The van der Waals surface area contributed by atoms with E-state index >= 15 is 0 Å². The zero-order chi connectivity index (χ0) is 27.5. The zero-order valence-corrected chi connectivity index (χ0v) is 24.6. The quantitative estimate of drug-likeness (QED) is 0.243. The summed E-state index contributed by atoms with van der Waals surface area (Å²) in [7, 11) is -4.62. The summed E-state index contributed by atoms with van der Waals surface area (Å²) in [6.45, 7) is 8.18. The lowest BCUT2D eigenvalue weighted by Crippen LogP contribution is -2.26. The number of halogens is 2. The van der Waals surface area contributed by atoms with Crippen LogP contribution in [0.1, 0.15) is 16.8 Å². The number of ether oxygens (including phenoxy) is 2. The first-order valence-electron chi connectivity index (χ1n) is 12.0. The molecule has 0 radical (unpaired) electrons. The maximum absolute atomic E-state index is 13.0. The number of carbonyl (C=O) groups excluding carboxylic acids is 1. The molecule has 3 aromatic rings. The van der Waals surface area contributed by atoms with Crippen molar-refractivity contribution in [2.75, 3.05) is 28.5 Å². The number of benzene rings is 1. The predicted molar refractivity (Wildman–Crippen MR) is 151 cm³/mol. The van der Waals surface area contributed by atoms with Gasteiger partial charge in [0.25, 0.3) is 5.91 Å². The molecule has 0 spiro atoms. The molecule has 0 aliphatic carbocycles. The van der Waals surface area contributed by atoms with Crippen molar-refractivity contribution in [2.24, 2.45) is 0 Å². The van der Waals surface area contributed by atoms with Gasteiger partial charge < -0.3 is 14.8 Å². The Hall–Kier alpha value is -2.64. The largest absolute Gasteiger partial charge is 0.454 e. The molecular weight excluding hydrogens is 569 g/mol. The SMILES string of the molecule is C[Si](C)(C)CCOCn1cc(Oc2cc(Cl)cc(NC(=O)c3cc(N4CCCS4(=O)=O)ncc3Cl)c2)cn1. The number of hydrogen-bond donors (Lipinski definition) is 1. The van der Waals surface area contributed by atoms with Gasteiger partial charge in [-0.1, -0.05) is 42.8 Å². The average molecular weight is 599 g/mol. The standard InChI is InChI=1S/C24H29Cl2N5O5SSi/c1-38(2,3)8-6-35-16-30-15-20(13-28-30)36-19-10-17(25)9-18(11-19)29-24(32)21-12-23(27-14-22(21)26)31-5-4-7-37(31,33)34/h9-15H,4-8,16H2,1-3H3,(H,29,32). The van der Waals surface area contributed by atoms with Gasteiger partial charge in [0, 0.05) is 44.2 Å². The first kappa shape index (κ1) is 28.4. The van der Waals surface area contributed by atoms with Crippen molar-refractivity contribution in [2.45, 2.75) is 38.8 Å². The summed E-state index contributed by atoms with van der Waals surface area (Å²) >= 11 is 12.5. The molecule has 14 heteroatoms. The minimum absolute atomic E-state index is 0.0364. The van der Waals surface area contributed by atoms with E-state index < -0.39 is 24.0 Å². The van der Waals surface area contributed by atoms with E-state index in [0.717, 1.165) is 6.04 Å². The molecule has 0 bridgehead atoms. The van der Waals surface area contributed by atoms with Crippen LogP contribution in [-0.4, -0.2) is 56.1 Å². The van der Waals surface area contributed by atoms with Crippen molar-refractivity contribution in [1.29, 1.82) is 0 Å². The Morgan fingerprint density at radius 1 is 1.13 bits per heavy atom. The molecule has 1 aliphatic rings. The van der Waals surface area contributed by atoms with Crippen molar-refractivity contribution in [3.63, 3.8) is 0 Å². The number of nitrogens with one attached hydrogen (secondary N) is 1. The second-order valence-electron chi connectivity index (χ2n) is 10.1. The van der Waals surface area contributed by atoms with Crippen molar-refractivity contribution in [1.82, 2.24) is 14.8 Å². The number of pyridine rings is 1. The van der Waals surface area contributed by atoms with Gasteiger partial charge in [-0.25, -0.2) is 18.1 Å². The third-order valence-electron chi connectivity index (χ3n) is 5.63. The number of amides is 1. The maximum atomic E-state index is 13.0. The fraction of sp³-hybridized carbons (Fsp3) is 0.375. The van der Waals surface area contributed by atoms with Gasteiger partial charge in [0.2, 0.25) is 10.0 Å². The molecule has 1 saturated heterocycles. The van der Waals surface area contributed by atoms with Crippen LogP contribution in [-0.2, 0) is 21.5 Å². The van der Waals surface area contributed by atoms with E-state index in [-0.39, 0.29) is 22.2 Å². The smallest absolute Gasteiger partial charge is 0.257 e. The van der Waals surface area contributed by atoms with Crippen molar-refractivity contribution < 1.29 is 22.7 Å². The molecule has 1 amide bonds. The molecule has 1 fully saturated rings. The van der Waals surface area contributed by atoms with Crippen LogP contribution in [0.2, 0.25) is 35.7 Å². The monoisotopic (exact) mass is 597 g/mol. The van der Waals surface area contributed by atoms with Gasteiger partial charge in [-0.05, 0) is 30.7 Å². The van der Waals surface area contributed by atoms with Crippen LogP contribution in [0.15, 0.2) is 42.9 Å². The molecule has 1 N–H and O–H groups in total. The lowest BCUT2D eigenvalue weighted by atomic mass is 10.2. The molecule has 204 valence electrons. The number of hydrogen-bond acceptors (Lipinski definition) is 7. The van der Waals surface area contributed by atoms with E-state index in [0.29, 0.717) is 48.5 Å². The maximum Gasteiger partial charge on any atom is 0.257 e. The summed E-state index contributed by atoms with van der Waals surface area (Å²) in [6, 6.07) is 7.20. The molecule has 1 aliphatic heterocycles. The molecule has 0 saturated carbocycles. The van der Waals surface area contributed by atoms with Crippen LogP contribution in [0.3, 0.4) is 0 Å². The highest BCUT2D eigenvalue weighted by Gasteiger charge is 2.30. The van der Waals surface area contributed by atoms with Gasteiger partial charge in [0.15, 0.2) is 5.75 Å². The van der Waals surface area contributed by atoms with Crippen LogP contribution >= 0.6 is 23.2 Å². The highest BCUT2D eigenvalue weighted by Crippen LogP contribution is 2.30. The van der Waals surface area contributed by atoms with E-state index in [9.17, 15) is 13.2 Å². The highest BCUT2D eigenvalue weighted by atomic mass is 35.5. The molecular formula is C24H29Cl2N5O5SSi. The number of aromatic nitrogens is 3. The molecule has 1 aromatic carbocycles. The molecule has 0 unspecified atom stereocenters. The lowest BCUT2D eigenvalue weighted by molar-refractivity contribution is 0.0784. The fourth-order valence-electron chi connectivity index (χ4n) is 3.67. The van der Waals surface area contributed by atoms with Crippen LogP contribution < -0.4 is 14.4 Å². The highest BCUT2D eigenvalue weighted by molar-refractivity contribution is 7.93. The Kier molecular flexibility index (Phi) is 8.67. The zero-order valence-electron chi connectivity index (χ0n) is 21.3. The topological polar surface area (TPSA) is 116 Å². The lowest BCUT2D eigenvalue weighted by Gasteiger charge is -2.17. The molecule has 3 heterocycles. The summed E-state index contributed by atoms with van der Waals surface area (Å²) in [5.41, 5.74) is 0.444. The first-order chi connectivity index (χ1) is 17.9. The van der Waals surface area contributed by atoms with E-state index in [4.69, 9.17) is 32.7 Å². The van der Waals surface area contributed by atoms with E-state index in [2.05, 4.69) is 35.0 Å². The Bertz CT molecular complexity index is 1430. The predicted octanol–water partition coefficient (Wildman–Crippen LogP) is 5.48. The van der Waals surface area contributed by atoms with Gasteiger partial charge in [0.1, 0.15) is 18.3 Å². The molecule has 2 aromatic heterocycles. The fourth-order valence-corrected chi connectivity index (χ4v) is 6.34. The second-order valence-corrected chi connectivity index (χ2v) is 18.5. The van der Waals surface area contributed by atoms with Gasteiger partial charge in [0.05, 0.1) is 28.7 Å². The van der Waals surface area contributed by atoms with E-state index in [1.165, 1.54) is 16.6 Å². The number of nitrogens with zero attached hydrogens (tertiary/aromatic N) is 4. The second kappa shape index (κ2) is 11.6. The summed E-state index contributed by atoms with van der Waals surface area (Å²) < 4.78 is 38.9. The van der Waals surface area contributed by atoms with Gasteiger partial charge in [-0.3, -0.25) is 9.10 Å². The Morgan fingerprint density at radius 2 is 1.92 bits per heavy atom. The van der Waals surface area contributed by atoms with Crippen LogP contribution in [0.4, 0.5) is 11.5 Å². The Labute approximate surface area is 232 Å². The van der Waals surface area contributed by atoms with E-state index in [1.54, 1.807) is 35.3 Å². The molecule has 4 rings (SSSR count). The third kappa shape index (κ3) is 7.47. The third-order valence-corrected chi connectivity index (χ3v) is 9.70. The van der Waals surface area contributed by atoms with Crippen molar-refractivity contribution in [3.05, 3.63) is 58.5 Å². The minimum Gasteiger partial charge on any atom is -0.454 e. The normalized spacial score (nSPS) is 15.0. The Balaban J connectivity index is 1.43. The first-order valence-corrected chi connectivity index (χ1v) is 18.0. The summed E-state index contributed by atoms with van der Waals surface area (Å²) in [5, 5.41) is 7.40. The summed E-state index contributed by atoms with van der Waals surface area (Å²) in [6.07, 6.45) is 5.02. The van der Waals surface area contributed by atoms with Gasteiger partial charge in [-0.2, -0.15) is 5.10 Å². The average Bonchev–Trinajstić information content (AvgIpc) is 3.41. The molecule has 38 heavy (non-hydrogen) atoms.